The van der Waals surface area contributed by atoms with Gasteiger partial charge in [0, 0.05) is 5.56 Å². The van der Waals surface area contributed by atoms with Gasteiger partial charge in [0.15, 0.2) is 6.29 Å². The summed E-state index contributed by atoms with van der Waals surface area (Å²) in [6.07, 6.45) is 2.21. The summed E-state index contributed by atoms with van der Waals surface area (Å²) in [5.41, 5.74) is 0.989. The molecular formula is C32H38O5Si. The molecule has 0 unspecified atom stereocenters. The standard InChI is InChI=1S/C32H38O5Si/c1-32(2,3)38(25-16-9-5-10-17-25,26-18-11-6-12-19-26)35-23-29-27(33)20-13-21-28-30(36-29)22-34-31(37-28)24-14-7-4-8-15-24/h4-20,27-31,33H,21-23H2,1-3H3/b20-13-/t27-,28+,29+,30-,31-/m1/s1. The van der Waals surface area contributed by atoms with Crippen LogP contribution in [0.5, 0.6) is 0 Å². The highest BCUT2D eigenvalue weighted by Gasteiger charge is 2.51. The van der Waals surface area contributed by atoms with Crippen molar-refractivity contribution in [1.29, 1.82) is 0 Å². The summed E-state index contributed by atoms with van der Waals surface area (Å²) in [6.45, 7) is 7.38. The molecule has 1 N–H and O–H groups in total. The topological polar surface area (TPSA) is 57.2 Å². The molecule has 0 bridgehead atoms. The van der Waals surface area contributed by atoms with Crippen LogP contribution in [0, 0.1) is 0 Å². The molecule has 0 amide bonds. The number of benzene rings is 3. The molecule has 1 fully saturated rings. The average molecular weight is 531 g/mol. The van der Waals surface area contributed by atoms with Crippen molar-refractivity contribution in [2.45, 2.75) is 62.9 Å². The average Bonchev–Trinajstić information content (AvgIpc) is 2.93. The number of hydrogen-bond acceptors (Lipinski definition) is 5. The first-order valence-corrected chi connectivity index (χ1v) is 15.4. The third-order valence-corrected chi connectivity index (χ3v) is 12.5. The predicted octanol–water partition coefficient (Wildman–Crippen LogP) is 4.75. The van der Waals surface area contributed by atoms with Crippen LogP contribution in [0.2, 0.25) is 5.04 Å². The van der Waals surface area contributed by atoms with E-state index in [1.165, 1.54) is 10.4 Å². The molecular weight excluding hydrogens is 492 g/mol. The van der Waals surface area contributed by atoms with Gasteiger partial charge in [-0.25, -0.2) is 0 Å². The van der Waals surface area contributed by atoms with E-state index in [4.69, 9.17) is 18.6 Å². The van der Waals surface area contributed by atoms with E-state index in [1.54, 1.807) is 0 Å². The first-order chi connectivity index (χ1) is 18.4. The molecule has 0 aromatic heterocycles. The van der Waals surface area contributed by atoms with Gasteiger partial charge in [0.2, 0.25) is 0 Å². The highest BCUT2D eigenvalue weighted by molar-refractivity contribution is 6.99. The van der Waals surface area contributed by atoms with Crippen molar-refractivity contribution in [1.82, 2.24) is 0 Å². The maximum Gasteiger partial charge on any atom is 0.261 e. The Labute approximate surface area is 227 Å². The molecule has 200 valence electrons. The second-order valence-corrected chi connectivity index (χ2v) is 15.4. The molecule has 0 aliphatic carbocycles. The summed E-state index contributed by atoms with van der Waals surface area (Å²) in [7, 11) is -2.77. The van der Waals surface area contributed by atoms with Crippen LogP contribution in [-0.4, -0.2) is 51.1 Å². The summed E-state index contributed by atoms with van der Waals surface area (Å²) < 4.78 is 26.0. The zero-order chi connectivity index (χ0) is 26.6. The lowest BCUT2D eigenvalue weighted by Gasteiger charge is -2.45. The van der Waals surface area contributed by atoms with Gasteiger partial charge in [0.1, 0.15) is 18.3 Å². The number of aliphatic hydroxyl groups excluding tert-OH is 1. The summed E-state index contributed by atoms with van der Waals surface area (Å²) in [5.74, 6) is 0. The molecule has 2 aliphatic heterocycles. The van der Waals surface area contributed by atoms with Crippen molar-refractivity contribution in [2.75, 3.05) is 13.2 Å². The fourth-order valence-corrected chi connectivity index (χ4v) is 10.2. The Morgan fingerprint density at radius 2 is 1.39 bits per heavy atom. The molecule has 2 heterocycles. The lowest BCUT2D eigenvalue weighted by molar-refractivity contribution is -0.277. The Morgan fingerprint density at radius 1 is 0.816 bits per heavy atom. The van der Waals surface area contributed by atoms with Crippen molar-refractivity contribution >= 4 is 18.7 Å². The van der Waals surface area contributed by atoms with E-state index in [1.807, 2.05) is 54.6 Å². The van der Waals surface area contributed by atoms with Gasteiger partial charge in [-0.1, -0.05) is 124 Å². The van der Waals surface area contributed by atoms with E-state index in [-0.39, 0.29) is 23.9 Å². The quantitative estimate of drug-likeness (QED) is 0.368. The van der Waals surface area contributed by atoms with E-state index >= 15 is 0 Å². The zero-order valence-electron chi connectivity index (χ0n) is 22.4. The molecule has 0 saturated carbocycles. The molecule has 3 aromatic rings. The lowest BCUT2D eigenvalue weighted by Crippen LogP contribution is -2.67. The third-order valence-electron chi connectivity index (χ3n) is 7.51. The first kappa shape index (κ1) is 27.0. The molecule has 1 saturated heterocycles. The molecule has 38 heavy (non-hydrogen) atoms. The monoisotopic (exact) mass is 530 g/mol. The zero-order valence-corrected chi connectivity index (χ0v) is 23.4. The van der Waals surface area contributed by atoms with Crippen LogP contribution in [0.1, 0.15) is 39.0 Å². The predicted molar refractivity (Wildman–Crippen MR) is 152 cm³/mol. The number of ether oxygens (including phenoxy) is 3. The van der Waals surface area contributed by atoms with Gasteiger partial charge in [-0.15, -0.1) is 0 Å². The van der Waals surface area contributed by atoms with Crippen molar-refractivity contribution in [3.05, 3.63) is 109 Å². The summed E-state index contributed by atoms with van der Waals surface area (Å²) >= 11 is 0. The molecule has 2 aliphatic rings. The van der Waals surface area contributed by atoms with Crippen LogP contribution >= 0.6 is 0 Å². The number of rotatable bonds is 6. The summed E-state index contributed by atoms with van der Waals surface area (Å²) in [4.78, 5) is 0. The maximum atomic E-state index is 11.1. The molecule has 3 aromatic carbocycles. The Hall–Kier alpha value is -2.58. The fraction of sp³-hybridized carbons (Fsp3) is 0.375. The maximum absolute atomic E-state index is 11.1. The van der Waals surface area contributed by atoms with Crippen molar-refractivity contribution in [2.24, 2.45) is 0 Å². The number of hydrogen-bond donors (Lipinski definition) is 1. The van der Waals surface area contributed by atoms with Crippen LogP contribution in [-0.2, 0) is 18.6 Å². The molecule has 5 rings (SSSR count). The molecule has 5 nitrogen and oxygen atoms in total. The Morgan fingerprint density at radius 3 is 1.97 bits per heavy atom. The molecule has 5 atom stereocenters. The minimum Gasteiger partial charge on any atom is -0.405 e. The van der Waals surface area contributed by atoms with Gasteiger partial charge in [0.25, 0.3) is 8.32 Å². The van der Waals surface area contributed by atoms with E-state index < -0.39 is 26.8 Å². The van der Waals surface area contributed by atoms with Gasteiger partial charge in [-0.05, 0) is 21.8 Å². The summed E-state index contributed by atoms with van der Waals surface area (Å²) in [6, 6.07) is 31.0. The Bertz CT molecular complexity index is 1140. The van der Waals surface area contributed by atoms with Crippen LogP contribution in [0.3, 0.4) is 0 Å². The van der Waals surface area contributed by atoms with Crippen molar-refractivity contribution in [3.63, 3.8) is 0 Å². The van der Waals surface area contributed by atoms with Gasteiger partial charge >= 0.3 is 0 Å². The minimum absolute atomic E-state index is 0.166. The Kier molecular flexibility index (Phi) is 8.28. The highest BCUT2D eigenvalue weighted by atomic mass is 28.4. The van der Waals surface area contributed by atoms with Crippen LogP contribution in [0.15, 0.2) is 103 Å². The first-order valence-electron chi connectivity index (χ1n) is 13.5. The van der Waals surface area contributed by atoms with Crippen LogP contribution in [0.4, 0.5) is 0 Å². The van der Waals surface area contributed by atoms with Gasteiger partial charge in [0.05, 0.1) is 19.3 Å². The van der Waals surface area contributed by atoms with Gasteiger partial charge < -0.3 is 23.7 Å². The van der Waals surface area contributed by atoms with Gasteiger partial charge in [-0.2, -0.15) is 0 Å². The highest BCUT2D eigenvalue weighted by Crippen LogP contribution is 2.37. The Balaban J connectivity index is 1.40. The van der Waals surface area contributed by atoms with Crippen LogP contribution in [0.25, 0.3) is 0 Å². The smallest absolute Gasteiger partial charge is 0.261 e. The minimum atomic E-state index is -2.77. The third kappa shape index (κ3) is 5.57. The largest absolute Gasteiger partial charge is 0.405 e. The molecule has 0 spiro atoms. The van der Waals surface area contributed by atoms with Crippen molar-refractivity contribution in [3.8, 4) is 0 Å². The van der Waals surface area contributed by atoms with E-state index in [2.05, 4.69) is 69.3 Å². The second-order valence-electron chi connectivity index (χ2n) is 11.1. The number of fused-ring (bicyclic) bond motifs is 1. The normalized spacial score (nSPS) is 27.1. The lowest BCUT2D eigenvalue weighted by atomic mass is 10.0. The molecule has 6 heteroatoms. The van der Waals surface area contributed by atoms with Crippen LogP contribution < -0.4 is 10.4 Å². The van der Waals surface area contributed by atoms with Crippen molar-refractivity contribution < 1.29 is 23.7 Å². The van der Waals surface area contributed by atoms with E-state index in [9.17, 15) is 5.11 Å². The number of aliphatic hydroxyl groups is 1. The van der Waals surface area contributed by atoms with Gasteiger partial charge in [-0.3, -0.25) is 0 Å². The van der Waals surface area contributed by atoms with E-state index in [0.29, 0.717) is 13.0 Å². The fourth-order valence-electron chi connectivity index (χ4n) is 5.58. The van der Waals surface area contributed by atoms with E-state index in [0.717, 1.165) is 5.56 Å². The summed E-state index contributed by atoms with van der Waals surface area (Å²) in [5, 5.41) is 13.3. The SMILES string of the molecule is CC(C)(C)[Si](OC[C@@H]1O[C@@H]2CO[C@@H](c3ccccc3)O[C@H]2C/C=C\[C@H]1O)(c1ccccc1)c1ccccc1. The molecule has 0 radical (unpaired) electrons. The second kappa shape index (κ2) is 11.7.